The number of rotatable bonds is 5. The molecule has 0 amide bonds. The predicted molar refractivity (Wildman–Crippen MR) is 93.7 cm³/mol. The van der Waals surface area contributed by atoms with E-state index in [-0.39, 0.29) is 0 Å². The van der Waals surface area contributed by atoms with Crippen LogP contribution in [-0.2, 0) is 13.0 Å². The summed E-state index contributed by atoms with van der Waals surface area (Å²) in [6, 6.07) is 16.8. The molecule has 1 aliphatic carbocycles. The number of aromatic nitrogens is 2. The molecule has 116 valence electrons. The summed E-state index contributed by atoms with van der Waals surface area (Å²) in [5, 5.41) is 4.24. The molecule has 0 saturated heterocycles. The van der Waals surface area contributed by atoms with Crippen molar-refractivity contribution in [2.45, 2.75) is 31.8 Å². The molecule has 2 aromatic carbocycles. The maximum absolute atomic E-state index is 6.09. The standard InChI is InChI=1S/C19H18ClN3/c20-14-6-9-16-18(11-14)23-19(12-21-15-7-8-15)17(22-16)10-13-4-2-1-3-5-13/h1-6,9,11,15,21H,7-8,10,12H2. The molecule has 0 radical (unpaired) electrons. The SMILES string of the molecule is Clc1ccc2nc(Cc3ccccc3)c(CNC3CC3)nc2c1. The lowest BCUT2D eigenvalue weighted by Crippen LogP contribution is -2.18. The Morgan fingerprint density at radius 1 is 0.957 bits per heavy atom. The van der Waals surface area contributed by atoms with Gasteiger partial charge in [-0.2, -0.15) is 0 Å². The Hall–Kier alpha value is -1.97. The van der Waals surface area contributed by atoms with Gasteiger partial charge in [-0.25, -0.2) is 9.97 Å². The smallest absolute Gasteiger partial charge is 0.0905 e. The highest BCUT2D eigenvalue weighted by Gasteiger charge is 2.21. The van der Waals surface area contributed by atoms with Gasteiger partial charge in [0, 0.05) is 24.0 Å². The van der Waals surface area contributed by atoms with E-state index in [1.807, 2.05) is 24.3 Å². The lowest BCUT2D eigenvalue weighted by atomic mass is 10.1. The van der Waals surface area contributed by atoms with E-state index >= 15 is 0 Å². The summed E-state index contributed by atoms with van der Waals surface area (Å²) in [5.41, 5.74) is 5.08. The highest BCUT2D eigenvalue weighted by atomic mass is 35.5. The van der Waals surface area contributed by atoms with Gasteiger partial charge in [0.1, 0.15) is 0 Å². The van der Waals surface area contributed by atoms with Gasteiger partial charge < -0.3 is 5.32 Å². The summed E-state index contributed by atoms with van der Waals surface area (Å²) in [6.07, 6.45) is 3.33. The van der Waals surface area contributed by atoms with E-state index < -0.39 is 0 Å². The fourth-order valence-corrected chi connectivity index (χ4v) is 2.87. The van der Waals surface area contributed by atoms with Crippen molar-refractivity contribution in [1.82, 2.24) is 15.3 Å². The quantitative estimate of drug-likeness (QED) is 0.767. The maximum atomic E-state index is 6.09. The topological polar surface area (TPSA) is 37.8 Å². The van der Waals surface area contributed by atoms with Crippen LogP contribution in [0.4, 0.5) is 0 Å². The summed E-state index contributed by atoms with van der Waals surface area (Å²) in [6.45, 7) is 0.766. The minimum absolute atomic E-state index is 0.649. The molecule has 4 heteroatoms. The van der Waals surface area contributed by atoms with Crippen molar-refractivity contribution in [3.05, 3.63) is 70.5 Å². The van der Waals surface area contributed by atoms with Gasteiger partial charge >= 0.3 is 0 Å². The number of hydrogen-bond acceptors (Lipinski definition) is 3. The van der Waals surface area contributed by atoms with E-state index in [9.17, 15) is 0 Å². The number of benzene rings is 2. The minimum atomic E-state index is 0.649. The monoisotopic (exact) mass is 323 g/mol. The van der Waals surface area contributed by atoms with Gasteiger partial charge in [0.15, 0.2) is 0 Å². The van der Waals surface area contributed by atoms with Gasteiger partial charge in [0.05, 0.1) is 22.4 Å². The zero-order valence-electron chi connectivity index (χ0n) is 12.8. The molecule has 0 bridgehead atoms. The summed E-state index contributed by atoms with van der Waals surface area (Å²) >= 11 is 6.09. The minimum Gasteiger partial charge on any atom is -0.308 e. The molecule has 1 saturated carbocycles. The summed E-state index contributed by atoms with van der Waals surface area (Å²) in [5.74, 6) is 0. The summed E-state index contributed by atoms with van der Waals surface area (Å²) in [7, 11) is 0. The van der Waals surface area contributed by atoms with Crippen LogP contribution in [0.5, 0.6) is 0 Å². The van der Waals surface area contributed by atoms with Crippen molar-refractivity contribution in [2.75, 3.05) is 0 Å². The third-order valence-electron chi connectivity index (χ3n) is 4.13. The van der Waals surface area contributed by atoms with Crippen molar-refractivity contribution in [3.63, 3.8) is 0 Å². The Kier molecular flexibility index (Phi) is 3.98. The van der Waals surface area contributed by atoms with Gasteiger partial charge in [0.2, 0.25) is 0 Å². The molecule has 0 aliphatic heterocycles. The van der Waals surface area contributed by atoms with Crippen LogP contribution in [-0.4, -0.2) is 16.0 Å². The molecule has 1 heterocycles. The molecular weight excluding hydrogens is 306 g/mol. The van der Waals surface area contributed by atoms with Gasteiger partial charge in [-0.3, -0.25) is 0 Å². The molecule has 3 nitrogen and oxygen atoms in total. The average molecular weight is 324 g/mol. The third-order valence-corrected chi connectivity index (χ3v) is 4.37. The second-order valence-electron chi connectivity index (χ2n) is 6.07. The second kappa shape index (κ2) is 6.26. The van der Waals surface area contributed by atoms with Crippen LogP contribution in [0.1, 0.15) is 29.8 Å². The molecule has 0 spiro atoms. The van der Waals surface area contributed by atoms with Crippen molar-refractivity contribution >= 4 is 22.6 Å². The molecule has 0 unspecified atom stereocenters. The van der Waals surface area contributed by atoms with Crippen LogP contribution in [0.25, 0.3) is 11.0 Å². The summed E-state index contributed by atoms with van der Waals surface area (Å²) in [4.78, 5) is 9.67. The lowest BCUT2D eigenvalue weighted by Gasteiger charge is -2.11. The molecule has 0 atom stereocenters. The first-order chi connectivity index (χ1) is 11.3. The van der Waals surface area contributed by atoms with E-state index in [2.05, 4.69) is 29.6 Å². The van der Waals surface area contributed by atoms with Crippen molar-refractivity contribution in [2.24, 2.45) is 0 Å². The van der Waals surface area contributed by atoms with Gasteiger partial charge in [0.25, 0.3) is 0 Å². The van der Waals surface area contributed by atoms with Gasteiger partial charge in [-0.1, -0.05) is 41.9 Å². The Bertz CT molecular complexity index is 829. The van der Waals surface area contributed by atoms with Gasteiger partial charge in [-0.05, 0) is 36.6 Å². The number of halogens is 1. The molecule has 1 aliphatic rings. The van der Waals surface area contributed by atoms with E-state index in [4.69, 9.17) is 21.6 Å². The lowest BCUT2D eigenvalue weighted by molar-refractivity contribution is 0.667. The zero-order chi connectivity index (χ0) is 15.6. The van der Waals surface area contributed by atoms with E-state index in [1.165, 1.54) is 18.4 Å². The third kappa shape index (κ3) is 3.52. The molecule has 23 heavy (non-hydrogen) atoms. The van der Waals surface area contributed by atoms with Gasteiger partial charge in [-0.15, -0.1) is 0 Å². The number of hydrogen-bond donors (Lipinski definition) is 1. The Balaban J connectivity index is 1.72. The Labute approximate surface area is 140 Å². The molecule has 4 rings (SSSR count). The van der Waals surface area contributed by atoms with E-state index in [1.54, 1.807) is 0 Å². The highest BCUT2D eigenvalue weighted by molar-refractivity contribution is 6.31. The number of nitrogens with zero attached hydrogens (tertiary/aromatic N) is 2. The molecular formula is C19H18ClN3. The van der Waals surface area contributed by atoms with Crippen LogP contribution >= 0.6 is 11.6 Å². The molecule has 1 aromatic heterocycles. The van der Waals surface area contributed by atoms with Crippen molar-refractivity contribution in [3.8, 4) is 0 Å². The highest BCUT2D eigenvalue weighted by Crippen LogP contribution is 2.22. The molecule has 1 fully saturated rings. The van der Waals surface area contributed by atoms with Crippen LogP contribution in [0.2, 0.25) is 5.02 Å². The van der Waals surface area contributed by atoms with E-state index in [0.29, 0.717) is 11.1 Å². The van der Waals surface area contributed by atoms with E-state index in [0.717, 1.165) is 35.4 Å². The fourth-order valence-electron chi connectivity index (χ4n) is 2.70. The van der Waals surface area contributed by atoms with Crippen molar-refractivity contribution in [1.29, 1.82) is 0 Å². The van der Waals surface area contributed by atoms with Crippen LogP contribution in [0.3, 0.4) is 0 Å². The van der Waals surface area contributed by atoms with Crippen LogP contribution < -0.4 is 5.32 Å². The number of fused-ring (bicyclic) bond motifs is 1. The van der Waals surface area contributed by atoms with Crippen LogP contribution in [0.15, 0.2) is 48.5 Å². The maximum Gasteiger partial charge on any atom is 0.0905 e. The Morgan fingerprint density at radius 3 is 2.52 bits per heavy atom. The fraction of sp³-hybridized carbons (Fsp3) is 0.263. The van der Waals surface area contributed by atoms with Crippen molar-refractivity contribution < 1.29 is 0 Å². The average Bonchev–Trinajstić information content (AvgIpc) is 3.38. The zero-order valence-corrected chi connectivity index (χ0v) is 13.6. The Morgan fingerprint density at radius 2 is 1.74 bits per heavy atom. The van der Waals surface area contributed by atoms with Crippen LogP contribution in [0, 0.1) is 0 Å². The largest absolute Gasteiger partial charge is 0.308 e. The summed E-state index contributed by atoms with van der Waals surface area (Å²) < 4.78 is 0. The predicted octanol–water partition coefficient (Wildman–Crippen LogP) is 4.13. The second-order valence-corrected chi connectivity index (χ2v) is 6.50. The normalized spacial score (nSPS) is 14.3. The first kappa shape index (κ1) is 14.6. The molecule has 3 aromatic rings. The first-order valence-corrected chi connectivity index (χ1v) is 8.38. The number of nitrogens with one attached hydrogen (secondary N) is 1. The molecule has 1 N–H and O–H groups in total. The first-order valence-electron chi connectivity index (χ1n) is 8.00.